The highest BCUT2D eigenvalue weighted by atomic mass is 32.1. The minimum absolute atomic E-state index is 0.00961. The maximum atomic E-state index is 13.9. The van der Waals surface area contributed by atoms with E-state index in [-0.39, 0.29) is 18.8 Å². The number of hydrogen-bond donors (Lipinski definition) is 3. The molecule has 0 aliphatic rings. The molecule has 0 aromatic heterocycles. The molecule has 0 spiro atoms. The van der Waals surface area contributed by atoms with E-state index in [4.69, 9.17) is 4.74 Å². The van der Waals surface area contributed by atoms with E-state index < -0.39 is 41.6 Å². The summed E-state index contributed by atoms with van der Waals surface area (Å²) in [4.78, 5) is 53.0. The van der Waals surface area contributed by atoms with Gasteiger partial charge in [-0.2, -0.15) is 12.6 Å². The summed E-state index contributed by atoms with van der Waals surface area (Å²) in [6, 6.07) is 5.41. The zero-order valence-electron chi connectivity index (χ0n) is 23.7. The van der Waals surface area contributed by atoms with Gasteiger partial charge in [0.1, 0.15) is 24.2 Å². The normalized spacial score (nSPS) is 12.7. The van der Waals surface area contributed by atoms with Crippen LogP contribution in [0.1, 0.15) is 83.9 Å². The molecule has 0 saturated heterocycles. The molecule has 2 unspecified atom stereocenters. The van der Waals surface area contributed by atoms with Gasteiger partial charge in [-0.05, 0) is 44.7 Å². The van der Waals surface area contributed by atoms with Crippen LogP contribution in [0, 0.1) is 0 Å². The number of benzene rings is 1. The van der Waals surface area contributed by atoms with Gasteiger partial charge in [-0.1, -0.05) is 63.8 Å². The largest absolute Gasteiger partial charge is 0.468 e. The number of hydrogen-bond acceptors (Lipinski definition) is 7. The number of nitrogens with one attached hydrogen (secondary N) is 2. The van der Waals surface area contributed by atoms with E-state index in [0.717, 1.165) is 37.7 Å². The first-order chi connectivity index (χ1) is 18.0. The monoisotopic (exact) mass is 551 g/mol. The van der Waals surface area contributed by atoms with Crippen LogP contribution in [0.15, 0.2) is 24.3 Å². The van der Waals surface area contributed by atoms with Crippen molar-refractivity contribution >= 4 is 36.5 Å². The van der Waals surface area contributed by atoms with Gasteiger partial charge < -0.3 is 25.0 Å². The fourth-order valence-electron chi connectivity index (χ4n) is 3.82. The zero-order valence-corrected chi connectivity index (χ0v) is 24.6. The summed E-state index contributed by atoms with van der Waals surface area (Å²) >= 11 is 4.31. The van der Waals surface area contributed by atoms with Crippen molar-refractivity contribution in [3.63, 3.8) is 0 Å². The minimum atomic E-state index is -1.02. The maximum absolute atomic E-state index is 13.9. The Morgan fingerprint density at radius 3 is 2.16 bits per heavy atom. The van der Waals surface area contributed by atoms with Crippen molar-refractivity contribution in [3.8, 4) is 0 Å². The summed E-state index contributed by atoms with van der Waals surface area (Å²) < 4.78 is 10.00. The number of carbonyl (C=O) groups excluding carboxylic acids is 4. The molecule has 38 heavy (non-hydrogen) atoms. The Balaban J connectivity index is 3.38. The van der Waals surface area contributed by atoms with E-state index in [0.29, 0.717) is 12.0 Å². The molecule has 0 heterocycles. The topological polar surface area (TPSA) is 114 Å². The number of thiol groups is 1. The van der Waals surface area contributed by atoms with Crippen LogP contribution in [0.2, 0.25) is 0 Å². The number of rotatable bonds is 15. The van der Waals surface area contributed by atoms with E-state index >= 15 is 0 Å². The van der Waals surface area contributed by atoms with Crippen molar-refractivity contribution < 1.29 is 28.7 Å². The van der Waals surface area contributed by atoms with E-state index in [9.17, 15) is 19.2 Å². The molecule has 0 aliphatic carbocycles. The number of esters is 1. The summed E-state index contributed by atoms with van der Waals surface area (Å²) in [6.07, 6.45) is 4.79. The summed E-state index contributed by atoms with van der Waals surface area (Å²) in [6.45, 7) is 9.30. The predicted octanol–water partition coefficient (Wildman–Crippen LogP) is 4.20. The van der Waals surface area contributed by atoms with Gasteiger partial charge in [-0.25, -0.2) is 4.79 Å². The minimum Gasteiger partial charge on any atom is -0.468 e. The Bertz CT molecular complexity index is 901. The molecule has 2 N–H and O–H groups in total. The fourth-order valence-corrected chi connectivity index (χ4v) is 4.07. The van der Waals surface area contributed by atoms with Crippen molar-refractivity contribution in [3.05, 3.63) is 35.4 Å². The molecule has 10 heteroatoms. The average Bonchev–Trinajstić information content (AvgIpc) is 2.88. The number of methoxy groups -OCH3 is 1. The van der Waals surface area contributed by atoms with Crippen LogP contribution < -0.4 is 10.6 Å². The van der Waals surface area contributed by atoms with Crippen molar-refractivity contribution in [1.82, 2.24) is 15.5 Å². The van der Waals surface area contributed by atoms with Crippen LogP contribution in [-0.4, -0.2) is 66.4 Å². The highest BCUT2D eigenvalue weighted by Crippen LogP contribution is 2.25. The lowest BCUT2D eigenvalue weighted by Crippen LogP contribution is -2.54. The first-order valence-electron chi connectivity index (χ1n) is 13.3. The van der Waals surface area contributed by atoms with Crippen LogP contribution in [0.5, 0.6) is 0 Å². The molecule has 3 amide bonds. The molecule has 1 aromatic carbocycles. The van der Waals surface area contributed by atoms with Crippen molar-refractivity contribution in [2.24, 2.45) is 0 Å². The van der Waals surface area contributed by atoms with Gasteiger partial charge >= 0.3 is 12.1 Å². The van der Waals surface area contributed by atoms with Crippen LogP contribution in [0.4, 0.5) is 4.79 Å². The number of unbranched alkanes of at least 4 members (excludes halogenated alkanes) is 4. The average molecular weight is 552 g/mol. The Morgan fingerprint density at radius 2 is 1.63 bits per heavy atom. The molecule has 0 bridgehead atoms. The van der Waals surface area contributed by atoms with Gasteiger partial charge in [0.25, 0.3) is 0 Å². The molecule has 214 valence electrons. The smallest absolute Gasteiger partial charge is 0.408 e. The van der Waals surface area contributed by atoms with Crippen molar-refractivity contribution in [1.29, 1.82) is 0 Å². The van der Waals surface area contributed by atoms with E-state index in [1.807, 2.05) is 31.2 Å². The lowest BCUT2D eigenvalue weighted by Gasteiger charge is -2.34. The lowest BCUT2D eigenvalue weighted by molar-refractivity contribution is -0.144. The molecule has 0 radical (unpaired) electrons. The molecule has 1 rings (SSSR count). The van der Waals surface area contributed by atoms with Gasteiger partial charge in [-0.15, -0.1) is 0 Å². The van der Waals surface area contributed by atoms with E-state index in [2.05, 4.69) is 34.9 Å². The Labute approximate surface area is 232 Å². The molecule has 1 aromatic rings. The fraction of sp³-hybridized carbons (Fsp3) is 0.643. The predicted molar refractivity (Wildman–Crippen MR) is 151 cm³/mol. The van der Waals surface area contributed by atoms with Gasteiger partial charge in [0.2, 0.25) is 11.8 Å². The van der Waals surface area contributed by atoms with Crippen molar-refractivity contribution in [2.45, 2.75) is 90.8 Å². The molecule has 9 nitrogen and oxygen atoms in total. The maximum Gasteiger partial charge on any atom is 0.408 e. The van der Waals surface area contributed by atoms with Crippen LogP contribution in [0.3, 0.4) is 0 Å². The number of amides is 3. The van der Waals surface area contributed by atoms with Gasteiger partial charge in [0.05, 0.1) is 7.11 Å². The number of carbonyl (C=O) groups is 4. The highest BCUT2D eigenvalue weighted by molar-refractivity contribution is 7.80. The number of aryl methyl sites for hydroxylation is 1. The summed E-state index contributed by atoms with van der Waals surface area (Å²) in [5.41, 5.74) is 0.936. The van der Waals surface area contributed by atoms with Gasteiger partial charge in [0, 0.05) is 12.3 Å². The van der Waals surface area contributed by atoms with Crippen molar-refractivity contribution in [2.75, 3.05) is 26.0 Å². The van der Waals surface area contributed by atoms with Gasteiger partial charge in [-0.3, -0.25) is 14.4 Å². The summed E-state index contributed by atoms with van der Waals surface area (Å²) in [5.74, 6) is -1.57. The number of ether oxygens (including phenoxy) is 2. The van der Waals surface area contributed by atoms with E-state index in [1.54, 1.807) is 20.8 Å². The number of nitrogens with zero attached hydrogens (tertiary/aromatic N) is 1. The van der Waals surface area contributed by atoms with E-state index in [1.165, 1.54) is 12.0 Å². The Hall–Kier alpha value is -2.75. The van der Waals surface area contributed by atoms with Crippen LogP contribution in [-0.2, 0) is 30.3 Å². The third-order valence-corrected chi connectivity index (χ3v) is 6.22. The second kappa shape index (κ2) is 17.0. The Morgan fingerprint density at radius 1 is 1.00 bits per heavy atom. The molecule has 0 saturated carbocycles. The lowest BCUT2D eigenvalue weighted by atomic mass is 10.00. The second-order valence-corrected chi connectivity index (χ2v) is 10.5. The first-order valence-corrected chi connectivity index (χ1v) is 13.9. The SMILES string of the molecule is CCCCCCCN(C(=O)C(CS)NC(=O)OC(C)(C)C)C(C(=O)NCC(=O)OC)c1ccc(CC)cc1. The highest BCUT2D eigenvalue weighted by Gasteiger charge is 2.35. The quantitative estimate of drug-likeness (QED) is 0.171. The van der Waals surface area contributed by atoms with Crippen LogP contribution in [0.25, 0.3) is 0 Å². The second-order valence-electron chi connectivity index (χ2n) is 10.1. The number of alkyl carbamates (subject to hydrolysis) is 1. The molecular weight excluding hydrogens is 506 g/mol. The van der Waals surface area contributed by atoms with Gasteiger partial charge in [0.15, 0.2) is 0 Å². The summed E-state index contributed by atoms with van der Waals surface area (Å²) in [7, 11) is 1.24. The third-order valence-electron chi connectivity index (χ3n) is 5.86. The standard InChI is InChI=1S/C28H45N3O6S/c1-7-9-10-11-12-17-31(26(34)22(19-38)30-27(35)37-28(3,4)5)24(25(33)29-18-23(32)36-6)21-15-13-20(8-2)14-16-21/h13-16,22,24,38H,7-12,17-19H2,1-6H3,(H,29,33)(H,30,35). The molecule has 2 atom stereocenters. The molecule has 0 aliphatic heterocycles. The summed E-state index contributed by atoms with van der Waals surface area (Å²) in [5, 5.41) is 5.20. The first kappa shape index (κ1) is 33.3. The molecular formula is C28H45N3O6S. The Kier molecular flexibility index (Phi) is 14.9. The third kappa shape index (κ3) is 11.8. The molecule has 0 fully saturated rings. The van der Waals surface area contributed by atoms with Crippen LogP contribution >= 0.6 is 12.6 Å². The zero-order chi connectivity index (χ0) is 28.7.